The molecule has 0 radical (unpaired) electrons. The Hall–Kier alpha value is -1.55. The molecule has 1 saturated heterocycles. The maximum absolute atomic E-state index is 11.9. The quantitative estimate of drug-likeness (QED) is 0.800. The van der Waals surface area contributed by atoms with Gasteiger partial charge < -0.3 is 19.3 Å². The van der Waals surface area contributed by atoms with Crippen molar-refractivity contribution in [2.45, 2.75) is 63.8 Å². The maximum Gasteiger partial charge on any atom is 0.261 e. The van der Waals surface area contributed by atoms with E-state index in [4.69, 9.17) is 9.16 Å². The summed E-state index contributed by atoms with van der Waals surface area (Å²) in [6.45, 7) is 10.8. The molecule has 0 unspecified atom stereocenters. The van der Waals surface area contributed by atoms with E-state index >= 15 is 0 Å². The number of H-pyrrole nitrogens is 1. The van der Waals surface area contributed by atoms with Crippen LogP contribution in [0.1, 0.15) is 33.4 Å². The summed E-state index contributed by atoms with van der Waals surface area (Å²) in [4.78, 5) is 18.7. The van der Waals surface area contributed by atoms with E-state index in [0.717, 1.165) is 0 Å². The van der Waals surface area contributed by atoms with Crippen molar-refractivity contribution in [2.24, 2.45) is 0 Å². The third kappa shape index (κ3) is 3.29. The Morgan fingerprint density at radius 1 is 1.48 bits per heavy atom. The molecule has 1 aliphatic heterocycles. The normalized spacial score (nSPS) is 25.0. The molecule has 3 heterocycles. The highest BCUT2D eigenvalue weighted by atomic mass is 28.4. The van der Waals surface area contributed by atoms with E-state index in [9.17, 15) is 9.90 Å². The van der Waals surface area contributed by atoms with Crippen molar-refractivity contribution < 1.29 is 14.3 Å². The molecular formula is C16H26N4O4Si. The minimum Gasteiger partial charge on any atom is -0.409 e. The van der Waals surface area contributed by atoms with Crippen LogP contribution < -0.4 is 5.56 Å². The van der Waals surface area contributed by atoms with Gasteiger partial charge in [-0.1, -0.05) is 20.8 Å². The lowest BCUT2D eigenvalue weighted by molar-refractivity contribution is -0.0521. The third-order valence-corrected chi connectivity index (χ3v) is 9.74. The number of aliphatic hydroxyl groups is 1. The van der Waals surface area contributed by atoms with Crippen molar-refractivity contribution in [3.05, 3.63) is 22.9 Å². The molecule has 0 bridgehead atoms. The van der Waals surface area contributed by atoms with Crippen LogP contribution in [0.2, 0.25) is 18.1 Å². The smallest absolute Gasteiger partial charge is 0.261 e. The number of aromatic nitrogens is 4. The molecule has 0 aromatic carbocycles. The largest absolute Gasteiger partial charge is 0.409 e. The number of ether oxygens (including phenoxy) is 1. The van der Waals surface area contributed by atoms with Crippen LogP contribution >= 0.6 is 0 Å². The summed E-state index contributed by atoms with van der Waals surface area (Å²) in [5.41, 5.74) is 0.214. The van der Waals surface area contributed by atoms with Gasteiger partial charge in [0.1, 0.15) is 5.39 Å². The molecule has 3 rings (SSSR count). The number of aromatic amines is 1. The highest BCUT2D eigenvalue weighted by Gasteiger charge is 2.45. The molecule has 0 amide bonds. The van der Waals surface area contributed by atoms with Crippen molar-refractivity contribution in [3.63, 3.8) is 0 Å². The maximum atomic E-state index is 11.9. The van der Waals surface area contributed by atoms with Gasteiger partial charge in [-0.15, -0.1) is 0 Å². The Balaban J connectivity index is 1.97. The van der Waals surface area contributed by atoms with E-state index in [1.54, 1.807) is 4.68 Å². The molecule has 8 nitrogen and oxygen atoms in total. The van der Waals surface area contributed by atoms with Gasteiger partial charge in [-0.2, -0.15) is 5.10 Å². The molecule has 138 valence electrons. The fourth-order valence-electron chi connectivity index (χ4n) is 2.77. The number of hydrogen-bond donors (Lipinski definition) is 2. The highest BCUT2D eigenvalue weighted by Crippen LogP contribution is 2.41. The Kier molecular flexibility index (Phi) is 4.61. The molecule has 9 heteroatoms. The first kappa shape index (κ1) is 18.2. The predicted octanol–water partition coefficient (Wildman–Crippen LogP) is 1.79. The standard InChI is InChI=1S/C16H26N4O4Si/c1-16(2,3)25(4,5)24-12-6-10(8-21)23-15(12)20-13-11(7-19-20)14(22)18-9-17-13/h7,9-10,12,15,21H,6,8H2,1-5H3,(H,17,18,22)/t10-,12+,15+/m0/s1. The van der Waals surface area contributed by atoms with Crippen molar-refractivity contribution >= 4 is 19.4 Å². The highest BCUT2D eigenvalue weighted by molar-refractivity contribution is 6.74. The number of nitrogens with zero attached hydrogens (tertiary/aromatic N) is 3. The first-order valence-corrected chi connectivity index (χ1v) is 11.4. The zero-order chi connectivity index (χ0) is 18.4. The molecule has 1 aliphatic rings. The summed E-state index contributed by atoms with van der Waals surface area (Å²) in [5.74, 6) is 0. The van der Waals surface area contributed by atoms with Crippen molar-refractivity contribution in [1.82, 2.24) is 19.7 Å². The van der Waals surface area contributed by atoms with E-state index < -0.39 is 14.5 Å². The molecular weight excluding hydrogens is 340 g/mol. The summed E-state index contributed by atoms with van der Waals surface area (Å²) in [6, 6.07) is 0. The minimum atomic E-state index is -2.04. The second-order valence-electron chi connectivity index (χ2n) is 8.04. The van der Waals surface area contributed by atoms with Gasteiger partial charge >= 0.3 is 0 Å². The topological polar surface area (TPSA) is 102 Å². The first-order chi connectivity index (χ1) is 11.6. The van der Waals surface area contributed by atoms with E-state index in [0.29, 0.717) is 17.5 Å². The molecule has 1 fully saturated rings. The average molecular weight is 366 g/mol. The van der Waals surface area contributed by atoms with Crippen LogP contribution in [-0.4, -0.2) is 52.0 Å². The fourth-order valence-corrected chi connectivity index (χ4v) is 4.09. The lowest BCUT2D eigenvalue weighted by Crippen LogP contribution is -2.45. The van der Waals surface area contributed by atoms with Crippen LogP contribution in [0.25, 0.3) is 11.0 Å². The zero-order valence-electron chi connectivity index (χ0n) is 15.3. The Labute approximate surface area is 147 Å². The second-order valence-corrected chi connectivity index (χ2v) is 12.8. The van der Waals surface area contributed by atoms with Gasteiger partial charge in [0, 0.05) is 6.42 Å². The summed E-state index contributed by atoms with van der Waals surface area (Å²) >= 11 is 0. The van der Waals surface area contributed by atoms with Crippen LogP contribution in [0.5, 0.6) is 0 Å². The summed E-state index contributed by atoms with van der Waals surface area (Å²) in [5, 5.41) is 14.3. The van der Waals surface area contributed by atoms with Crippen LogP contribution in [-0.2, 0) is 9.16 Å². The summed E-state index contributed by atoms with van der Waals surface area (Å²) in [6.07, 6.45) is 2.34. The van der Waals surface area contributed by atoms with Gasteiger partial charge in [0.25, 0.3) is 5.56 Å². The van der Waals surface area contributed by atoms with Crippen LogP contribution in [0, 0.1) is 0 Å². The number of nitrogens with one attached hydrogen (secondary N) is 1. The van der Waals surface area contributed by atoms with E-state index in [2.05, 4.69) is 48.9 Å². The van der Waals surface area contributed by atoms with Gasteiger partial charge in [-0.05, 0) is 18.1 Å². The van der Waals surface area contributed by atoms with E-state index in [1.807, 2.05) is 0 Å². The van der Waals surface area contributed by atoms with Gasteiger partial charge in [0.2, 0.25) is 0 Å². The molecule has 0 saturated carbocycles. The minimum absolute atomic E-state index is 0.0520. The number of rotatable bonds is 4. The van der Waals surface area contributed by atoms with Crippen LogP contribution in [0.4, 0.5) is 0 Å². The summed E-state index contributed by atoms with van der Waals surface area (Å²) in [7, 11) is -2.04. The van der Waals surface area contributed by atoms with Crippen LogP contribution in [0.15, 0.2) is 17.3 Å². The lowest BCUT2D eigenvalue weighted by Gasteiger charge is -2.39. The molecule has 2 N–H and O–H groups in total. The van der Waals surface area contributed by atoms with Gasteiger partial charge in [-0.25, -0.2) is 9.67 Å². The fraction of sp³-hybridized carbons (Fsp3) is 0.688. The van der Waals surface area contributed by atoms with E-state index in [-0.39, 0.29) is 29.4 Å². The van der Waals surface area contributed by atoms with Gasteiger partial charge in [0.05, 0.1) is 31.3 Å². The second kappa shape index (κ2) is 6.31. The number of fused-ring (bicyclic) bond motifs is 1. The van der Waals surface area contributed by atoms with Crippen molar-refractivity contribution in [3.8, 4) is 0 Å². The average Bonchev–Trinajstić information content (AvgIpc) is 3.10. The molecule has 0 aliphatic carbocycles. The summed E-state index contributed by atoms with van der Waals surface area (Å²) < 4.78 is 14.1. The Morgan fingerprint density at radius 3 is 2.84 bits per heavy atom. The lowest BCUT2D eigenvalue weighted by atomic mass is 10.2. The SMILES string of the molecule is CC(C)(C)[Si](C)(C)O[C@@H]1C[C@@H](CO)O[C@H]1n1ncc2c(=O)[nH]cnc21. The van der Waals surface area contributed by atoms with Crippen molar-refractivity contribution in [2.75, 3.05) is 6.61 Å². The van der Waals surface area contributed by atoms with Gasteiger partial charge in [-0.3, -0.25) is 4.79 Å². The predicted molar refractivity (Wildman–Crippen MR) is 95.8 cm³/mol. The molecule has 0 spiro atoms. The third-order valence-electron chi connectivity index (χ3n) is 5.24. The van der Waals surface area contributed by atoms with Crippen molar-refractivity contribution in [1.29, 1.82) is 0 Å². The number of aliphatic hydroxyl groups excluding tert-OH is 1. The Bertz CT molecular complexity index is 810. The molecule has 2 aromatic heterocycles. The van der Waals surface area contributed by atoms with Crippen LogP contribution in [0.3, 0.4) is 0 Å². The monoisotopic (exact) mass is 366 g/mol. The molecule has 25 heavy (non-hydrogen) atoms. The zero-order valence-corrected chi connectivity index (χ0v) is 16.3. The van der Waals surface area contributed by atoms with Gasteiger partial charge in [0.15, 0.2) is 20.2 Å². The molecule has 3 atom stereocenters. The Morgan fingerprint density at radius 2 is 2.20 bits per heavy atom. The number of hydrogen-bond acceptors (Lipinski definition) is 6. The van der Waals surface area contributed by atoms with E-state index in [1.165, 1.54) is 12.5 Å². The molecule has 2 aromatic rings. The first-order valence-electron chi connectivity index (χ1n) is 8.49.